The van der Waals surface area contributed by atoms with E-state index in [-0.39, 0.29) is 10.6 Å². The maximum atomic E-state index is 11.9. The monoisotopic (exact) mass is 291 g/mol. The van der Waals surface area contributed by atoms with Crippen molar-refractivity contribution in [3.05, 3.63) is 52.9 Å². The molecule has 2 aromatic carbocycles. The molecule has 0 radical (unpaired) electrons. The summed E-state index contributed by atoms with van der Waals surface area (Å²) in [4.78, 5) is 0.0340. The van der Waals surface area contributed by atoms with Gasteiger partial charge in [-0.3, -0.25) is 0 Å². The van der Waals surface area contributed by atoms with Gasteiger partial charge in [-0.25, -0.2) is 5.48 Å². The van der Waals surface area contributed by atoms with E-state index in [0.29, 0.717) is 16.1 Å². The molecule has 2 rings (SSSR count). The summed E-state index contributed by atoms with van der Waals surface area (Å²) in [6, 6.07) is 10.5. The van der Waals surface area contributed by atoms with Crippen LogP contribution in [0.25, 0.3) is 13.2 Å². The van der Waals surface area contributed by atoms with Crippen LogP contribution in [0.4, 0.5) is 5.69 Å². The van der Waals surface area contributed by atoms with Gasteiger partial charge >= 0.3 is 10.1 Å². The van der Waals surface area contributed by atoms with Gasteiger partial charge in [0.2, 0.25) is 0 Å². The summed E-state index contributed by atoms with van der Waals surface area (Å²) in [5, 5.41) is 10.2. The molecule has 2 N–H and O–H groups in total. The summed E-state index contributed by atoms with van der Waals surface area (Å²) < 4.78 is 28.5. The lowest BCUT2D eigenvalue weighted by atomic mass is 10.2. The van der Waals surface area contributed by atoms with Gasteiger partial charge in [0.05, 0.1) is 10.6 Å². The first-order valence-corrected chi connectivity index (χ1v) is 7.06. The van der Waals surface area contributed by atoms with Gasteiger partial charge in [-0.1, -0.05) is 31.4 Å². The predicted octanol–water partition coefficient (Wildman–Crippen LogP) is 0.945. The van der Waals surface area contributed by atoms with Crippen LogP contribution in [0.2, 0.25) is 0 Å². The quantitative estimate of drug-likeness (QED) is 0.648. The molecule has 2 aromatic rings. The van der Waals surface area contributed by atoms with Crippen LogP contribution < -0.4 is 15.9 Å². The molecule has 0 fully saturated rings. The summed E-state index contributed by atoms with van der Waals surface area (Å²) >= 11 is 0. The van der Waals surface area contributed by atoms with Crippen molar-refractivity contribution in [1.29, 1.82) is 0 Å². The highest BCUT2D eigenvalue weighted by Gasteiger charge is 2.15. The third-order valence-corrected chi connectivity index (χ3v) is 3.75. The van der Waals surface area contributed by atoms with Crippen molar-refractivity contribution >= 4 is 29.0 Å². The molecule has 6 heteroatoms. The summed E-state index contributed by atoms with van der Waals surface area (Å²) in [5.41, 5.74) is 2.63. The van der Waals surface area contributed by atoms with Crippen molar-refractivity contribution in [2.45, 2.75) is 4.90 Å². The molecule has 0 saturated carbocycles. The minimum atomic E-state index is -3.92. The van der Waals surface area contributed by atoms with E-state index in [0.717, 1.165) is 0 Å². The summed E-state index contributed by atoms with van der Waals surface area (Å²) in [6.45, 7) is 7.27. The standard InChI is InChI=1S/C14H13NO4S/c1-10-9-14(16)11(2)8-13(10)15-19-20(17,18)12-6-4-3-5-7-12/h3-9,15-16H,1-2H2. The first-order valence-electron chi connectivity index (χ1n) is 5.65. The van der Waals surface area contributed by atoms with E-state index in [2.05, 4.69) is 18.6 Å². The van der Waals surface area contributed by atoms with Gasteiger partial charge in [-0.15, -0.1) is 4.28 Å². The largest absolute Gasteiger partial charge is 0.507 e. The molecule has 0 spiro atoms. The SMILES string of the molecule is C=c1cc(NOS(=O)(=O)c2ccccc2)c(=C)cc1O. The molecule has 0 saturated heterocycles. The van der Waals surface area contributed by atoms with E-state index in [4.69, 9.17) is 4.28 Å². The Morgan fingerprint density at radius 2 is 1.70 bits per heavy atom. The Morgan fingerprint density at radius 1 is 1.05 bits per heavy atom. The minimum absolute atomic E-state index is 0.0218. The average molecular weight is 291 g/mol. The number of hydrogen-bond donors (Lipinski definition) is 2. The smallest absolute Gasteiger partial charge is 0.317 e. The second-order valence-electron chi connectivity index (χ2n) is 4.09. The summed E-state index contributed by atoms with van der Waals surface area (Å²) in [7, 11) is -3.92. The van der Waals surface area contributed by atoms with Crippen molar-refractivity contribution < 1.29 is 17.8 Å². The molecule has 0 aliphatic heterocycles. The zero-order valence-corrected chi connectivity index (χ0v) is 11.4. The number of hydrogen-bond acceptors (Lipinski definition) is 5. The van der Waals surface area contributed by atoms with Crippen LogP contribution in [0.5, 0.6) is 5.75 Å². The Hall–Kier alpha value is -2.31. The lowest BCUT2D eigenvalue weighted by Crippen LogP contribution is -2.18. The van der Waals surface area contributed by atoms with Crippen molar-refractivity contribution in [3.8, 4) is 5.75 Å². The molecule has 104 valence electrons. The van der Waals surface area contributed by atoms with E-state index in [1.54, 1.807) is 18.2 Å². The molecule has 0 aliphatic carbocycles. The first kappa shape index (κ1) is 14.1. The van der Waals surface area contributed by atoms with Gasteiger partial charge in [0.15, 0.2) is 0 Å². The molecule has 0 heterocycles. The molecule has 20 heavy (non-hydrogen) atoms. The number of phenolic OH excluding ortho intramolecular Hbond substituents is 1. The van der Waals surface area contributed by atoms with Gasteiger partial charge in [0.25, 0.3) is 0 Å². The number of rotatable bonds is 4. The topological polar surface area (TPSA) is 75.6 Å². The molecular weight excluding hydrogens is 278 g/mol. The zero-order valence-electron chi connectivity index (χ0n) is 10.5. The first-order chi connectivity index (χ1) is 9.40. The Kier molecular flexibility index (Phi) is 3.78. The van der Waals surface area contributed by atoms with Crippen LogP contribution >= 0.6 is 0 Å². The normalized spacial score (nSPS) is 11.2. The van der Waals surface area contributed by atoms with Crippen molar-refractivity contribution in [2.75, 3.05) is 5.48 Å². The van der Waals surface area contributed by atoms with E-state index < -0.39 is 10.1 Å². The minimum Gasteiger partial charge on any atom is -0.507 e. The van der Waals surface area contributed by atoms with E-state index in [1.165, 1.54) is 24.3 Å². The van der Waals surface area contributed by atoms with Gasteiger partial charge in [-0.2, -0.15) is 8.42 Å². The fourth-order valence-corrected chi connectivity index (χ4v) is 2.29. The third-order valence-electron chi connectivity index (χ3n) is 2.60. The van der Waals surface area contributed by atoms with Gasteiger partial charge < -0.3 is 5.11 Å². The molecule has 0 bridgehead atoms. The Labute approximate surface area is 116 Å². The third kappa shape index (κ3) is 2.98. The van der Waals surface area contributed by atoms with E-state index in [9.17, 15) is 13.5 Å². The summed E-state index contributed by atoms with van der Waals surface area (Å²) in [5.74, 6) is -0.0218. The molecule has 0 amide bonds. The Bertz CT molecular complexity index is 816. The number of anilines is 1. The highest BCUT2D eigenvalue weighted by Crippen LogP contribution is 2.12. The fraction of sp³-hybridized carbons (Fsp3) is 0. The molecular formula is C14H13NO4S. The highest BCUT2D eigenvalue weighted by molar-refractivity contribution is 7.86. The van der Waals surface area contributed by atoms with Gasteiger partial charge in [0.1, 0.15) is 5.75 Å². The highest BCUT2D eigenvalue weighted by atomic mass is 32.2. The van der Waals surface area contributed by atoms with Crippen molar-refractivity contribution in [3.63, 3.8) is 0 Å². The van der Waals surface area contributed by atoms with E-state index in [1.807, 2.05) is 0 Å². The molecule has 0 atom stereocenters. The lowest BCUT2D eigenvalue weighted by Gasteiger charge is -2.08. The maximum Gasteiger partial charge on any atom is 0.317 e. The maximum absolute atomic E-state index is 11.9. The second kappa shape index (κ2) is 5.36. The molecule has 5 nitrogen and oxygen atoms in total. The number of benzene rings is 2. The van der Waals surface area contributed by atoms with Crippen LogP contribution in [0, 0.1) is 0 Å². The summed E-state index contributed by atoms with van der Waals surface area (Å²) in [6.07, 6.45) is 0. The number of aromatic hydroxyl groups is 1. The average Bonchev–Trinajstić information content (AvgIpc) is 2.42. The van der Waals surface area contributed by atoms with Crippen LogP contribution in [0.3, 0.4) is 0 Å². The molecule has 0 unspecified atom stereocenters. The Morgan fingerprint density at radius 3 is 2.35 bits per heavy atom. The van der Waals surface area contributed by atoms with Crippen LogP contribution in [0.1, 0.15) is 0 Å². The Balaban J connectivity index is 2.24. The van der Waals surface area contributed by atoms with E-state index >= 15 is 0 Å². The van der Waals surface area contributed by atoms with Crippen LogP contribution in [0.15, 0.2) is 47.4 Å². The predicted molar refractivity (Wildman–Crippen MR) is 76.7 cm³/mol. The number of nitrogens with one attached hydrogen (secondary N) is 1. The second-order valence-corrected chi connectivity index (χ2v) is 5.64. The van der Waals surface area contributed by atoms with Crippen molar-refractivity contribution in [1.82, 2.24) is 0 Å². The van der Waals surface area contributed by atoms with Crippen molar-refractivity contribution in [2.24, 2.45) is 0 Å². The van der Waals surface area contributed by atoms with Gasteiger partial charge in [0, 0.05) is 5.22 Å². The molecule has 0 aromatic heterocycles. The zero-order chi connectivity index (χ0) is 14.8. The molecule has 0 aliphatic rings. The fourth-order valence-electron chi connectivity index (χ4n) is 1.51. The van der Waals surface area contributed by atoms with Crippen LogP contribution in [-0.4, -0.2) is 13.5 Å². The lowest BCUT2D eigenvalue weighted by molar-refractivity contribution is 0.390. The van der Waals surface area contributed by atoms with Crippen LogP contribution in [-0.2, 0) is 14.4 Å². The van der Waals surface area contributed by atoms with Gasteiger partial charge in [-0.05, 0) is 29.5 Å². The number of phenols is 1.